The van der Waals surface area contributed by atoms with Gasteiger partial charge in [0.1, 0.15) is 11.5 Å². The summed E-state index contributed by atoms with van der Waals surface area (Å²) in [5, 5.41) is 2.80. The van der Waals surface area contributed by atoms with Gasteiger partial charge in [0, 0.05) is 5.92 Å². The fraction of sp³-hybridized carbons (Fsp3) is 0.429. The van der Waals surface area contributed by atoms with E-state index in [2.05, 4.69) is 5.32 Å². The van der Waals surface area contributed by atoms with Crippen LogP contribution in [0.1, 0.15) is 26.3 Å². The molecule has 0 bridgehead atoms. The van der Waals surface area contributed by atoms with Gasteiger partial charge in [0.25, 0.3) is 5.91 Å². The Bertz CT molecular complexity index is 496. The highest BCUT2D eigenvalue weighted by atomic mass is 16.5. The SMILES string of the molecule is CC(=O)C(C)Cc1ccc2c(c1)NC(=O)C(C)O2. The van der Waals surface area contributed by atoms with E-state index in [1.165, 1.54) is 0 Å². The van der Waals surface area contributed by atoms with Crippen molar-refractivity contribution in [2.45, 2.75) is 33.3 Å². The van der Waals surface area contributed by atoms with Crippen molar-refractivity contribution in [1.82, 2.24) is 0 Å². The van der Waals surface area contributed by atoms with Crippen molar-refractivity contribution < 1.29 is 14.3 Å². The topological polar surface area (TPSA) is 55.4 Å². The number of carbonyl (C=O) groups excluding carboxylic acids is 2. The van der Waals surface area contributed by atoms with Gasteiger partial charge >= 0.3 is 0 Å². The van der Waals surface area contributed by atoms with E-state index in [-0.39, 0.29) is 17.6 Å². The summed E-state index contributed by atoms with van der Waals surface area (Å²) in [6.07, 6.45) is 0.216. The predicted molar refractivity (Wildman–Crippen MR) is 68.7 cm³/mol. The van der Waals surface area contributed by atoms with Crippen molar-refractivity contribution in [2.24, 2.45) is 5.92 Å². The molecule has 0 radical (unpaired) electrons. The van der Waals surface area contributed by atoms with Crippen LogP contribution in [0, 0.1) is 5.92 Å². The third kappa shape index (κ3) is 2.53. The number of Topliss-reactive ketones (excluding diaryl/α,β-unsaturated/α-hetero) is 1. The number of fused-ring (bicyclic) bond motifs is 1. The number of ketones is 1. The summed E-state index contributed by atoms with van der Waals surface area (Å²) in [5.74, 6) is 0.699. The molecule has 1 heterocycles. The zero-order valence-electron chi connectivity index (χ0n) is 10.8. The summed E-state index contributed by atoms with van der Waals surface area (Å²) < 4.78 is 5.47. The molecule has 1 aliphatic rings. The van der Waals surface area contributed by atoms with Gasteiger partial charge in [0.2, 0.25) is 0 Å². The largest absolute Gasteiger partial charge is 0.479 e. The molecule has 0 saturated heterocycles. The Kier molecular flexibility index (Phi) is 3.36. The molecule has 1 aromatic carbocycles. The van der Waals surface area contributed by atoms with E-state index in [4.69, 9.17) is 4.74 Å². The van der Waals surface area contributed by atoms with Gasteiger partial charge in [-0.3, -0.25) is 9.59 Å². The van der Waals surface area contributed by atoms with Gasteiger partial charge in [-0.25, -0.2) is 0 Å². The van der Waals surface area contributed by atoms with Crippen LogP contribution in [-0.4, -0.2) is 17.8 Å². The number of nitrogens with one attached hydrogen (secondary N) is 1. The normalized spacial score (nSPS) is 19.5. The lowest BCUT2D eigenvalue weighted by molar-refractivity contribution is -0.123. The van der Waals surface area contributed by atoms with Crippen molar-refractivity contribution >= 4 is 17.4 Å². The lowest BCUT2D eigenvalue weighted by atomic mass is 9.97. The lowest BCUT2D eigenvalue weighted by Crippen LogP contribution is -2.34. The summed E-state index contributed by atoms with van der Waals surface area (Å²) in [4.78, 5) is 22.7. The second-order valence-electron chi connectivity index (χ2n) is 4.80. The molecule has 0 spiro atoms. The van der Waals surface area contributed by atoms with Crippen molar-refractivity contribution in [3.05, 3.63) is 23.8 Å². The minimum absolute atomic E-state index is 0.0119. The summed E-state index contributed by atoms with van der Waals surface area (Å²) in [7, 11) is 0. The van der Waals surface area contributed by atoms with Crippen LogP contribution in [0.3, 0.4) is 0 Å². The molecule has 1 amide bonds. The number of rotatable bonds is 3. The summed E-state index contributed by atoms with van der Waals surface area (Å²) >= 11 is 0. The minimum atomic E-state index is -0.459. The zero-order valence-corrected chi connectivity index (χ0v) is 10.8. The quantitative estimate of drug-likeness (QED) is 0.890. The first-order valence-corrected chi connectivity index (χ1v) is 6.08. The molecule has 1 aromatic rings. The van der Waals surface area contributed by atoms with E-state index in [0.717, 1.165) is 5.56 Å². The predicted octanol–water partition coefficient (Wildman–Crippen LogP) is 2.17. The summed E-state index contributed by atoms with van der Waals surface area (Å²) in [6, 6.07) is 5.65. The van der Waals surface area contributed by atoms with Crippen LogP contribution in [-0.2, 0) is 16.0 Å². The number of benzene rings is 1. The van der Waals surface area contributed by atoms with E-state index in [9.17, 15) is 9.59 Å². The van der Waals surface area contributed by atoms with Crippen LogP contribution in [0.25, 0.3) is 0 Å². The maximum atomic E-state index is 11.5. The number of amides is 1. The Morgan fingerprint density at radius 1 is 1.50 bits per heavy atom. The number of hydrogen-bond acceptors (Lipinski definition) is 3. The van der Waals surface area contributed by atoms with Crippen LogP contribution < -0.4 is 10.1 Å². The lowest BCUT2D eigenvalue weighted by Gasteiger charge is -2.24. The number of carbonyl (C=O) groups is 2. The molecule has 0 fully saturated rings. The van der Waals surface area contributed by atoms with Crippen LogP contribution in [0.2, 0.25) is 0 Å². The molecule has 4 nitrogen and oxygen atoms in total. The van der Waals surface area contributed by atoms with E-state index in [0.29, 0.717) is 17.9 Å². The monoisotopic (exact) mass is 247 g/mol. The molecule has 1 aliphatic heterocycles. The third-order valence-corrected chi connectivity index (χ3v) is 3.21. The smallest absolute Gasteiger partial charge is 0.265 e. The van der Waals surface area contributed by atoms with Gasteiger partial charge in [-0.05, 0) is 38.0 Å². The highest BCUT2D eigenvalue weighted by Crippen LogP contribution is 2.31. The van der Waals surface area contributed by atoms with E-state index in [1.807, 2.05) is 25.1 Å². The number of hydrogen-bond donors (Lipinski definition) is 1. The molecule has 4 heteroatoms. The molecule has 0 saturated carbocycles. The highest BCUT2D eigenvalue weighted by Gasteiger charge is 2.23. The Morgan fingerprint density at radius 2 is 2.22 bits per heavy atom. The average Bonchev–Trinajstić information content (AvgIpc) is 2.31. The molecule has 2 unspecified atom stereocenters. The molecule has 0 aromatic heterocycles. The van der Waals surface area contributed by atoms with Crippen molar-refractivity contribution in [2.75, 3.05) is 5.32 Å². The standard InChI is InChI=1S/C14H17NO3/c1-8(9(2)16)6-11-4-5-13-12(7-11)15-14(17)10(3)18-13/h4-5,7-8,10H,6H2,1-3H3,(H,15,17). The Morgan fingerprint density at radius 3 is 2.89 bits per heavy atom. The molecular weight excluding hydrogens is 230 g/mol. The van der Waals surface area contributed by atoms with Gasteiger partial charge in [0.15, 0.2) is 6.10 Å². The fourth-order valence-corrected chi connectivity index (χ4v) is 1.88. The Balaban J connectivity index is 2.20. The first kappa shape index (κ1) is 12.6. The van der Waals surface area contributed by atoms with Gasteiger partial charge in [-0.1, -0.05) is 13.0 Å². The fourth-order valence-electron chi connectivity index (χ4n) is 1.88. The number of anilines is 1. The highest BCUT2D eigenvalue weighted by molar-refractivity contribution is 5.97. The van der Waals surface area contributed by atoms with Crippen LogP contribution in [0.15, 0.2) is 18.2 Å². The van der Waals surface area contributed by atoms with Crippen molar-refractivity contribution in [1.29, 1.82) is 0 Å². The van der Waals surface area contributed by atoms with E-state index >= 15 is 0 Å². The van der Waals surface area contributed by atoms with Crippen molar-refractivity contribution in [3.63, 3.8) is 0 Å². The van der Waals surface area contributed by atoms with Crippen molar-refractivity contribution in [3.8, 4) is 5.75 Å². The molecule has 18 heavy (non-hydrogen) atoms. The second-order valence-corrected chi connectivity index (χ2v) is 4.80. The maximum Gasteiger partial charge on any atom is 0.265 e. The van der Waals surface area contributed by atoms with Gasteiger partial charge in [-0.15, -0.1) is 0 Å². The minimum Gasteiger partial charge on any atom is -0.479 e. The molecule has 96 valence electrons. The van der Waals surface area contributed by atoms with E-state index < -0.39 is 6.10 Å². The van der Waals surface area contributed by atoms with Crippen LogP contribution in [0.5, 0.6) is 5.75 Å². The van der Waals surface area contributed by atoms with Crippen LogP contribution in [0.4, 0.5) is 5.69 Å². The van der Waals surface area contributed by atoms with Crippen LogP contribution >= 0.6 is 0 Å². The van der Waals surface area contributed by atoms with Gasteiger partial charge in [-0.2, -0.15) is 0 Å². The van der Waals surface area contributed by atoms with Gasteiger partial charge in [0.05, 0.1) is 5.69 Å². The molecular formula is C14H17NO3. The third-order valence-electron chi connectivity index (χ3n) is 3.21. The number of ether oxygens (including phenoxy) is 1. The molecule has 1 N–H and O–H groups in total. The summed E-state index contributed by atoms with van der Waals surface area (Å²) in [5.41, 5.74) is 1.71. The Labute approximate surface area is 106 Å². The Hall–Kier alpha value is -1.84. The average molecular weight is 247 g/mol. The second kappa shape index (κ2) is 4.80. The first-order valence-electron chi connectivity index (χ1n) is 6.08. The van der Waals surface area contributed by atoms with E-state index in [1.54, 1.807) is 13.8 Å². The summed E-state index contributed by atoms with van der Waals surface area (Å²) in [6.45, 7) is 5.21. The first-order chi connectivity index (χ1) is 8.47. The van der Waals surface area contributed by atoms with Gasteiger partial charge < -0.3 is 10.1 Å². The molecule has 0 aliphatic carbocycles. The zero-order chi connectivity index (χ0) is 13.3. The molecule has 2 rings (SSSR count). The maximum absolute atomic E-state index is 11.5. The molecule has 2 atom stereocenters.